The lowest BCUT2D eigenvalue weighted by atomic mass is 10.1. The van der Waals surface area contributed by atoms with Gasteiger partial charge in [0, 0.05) is 29.9 Å². The SMILES string of the molecule is COc1ccccc1CNc1cc(C(=O)N2c3ccccc3CC2C)nc(C)n1. The first kappa shape index (κ1) is 18.9. The molecule has 1 N–H and O–H groups in total. The molecule has 148 valence electrons. The highest BCUT2D eigenvalue weighted by molar-refractivity contribution is 6.06. The van der Waals surface area contributed by atoms with Crippen molar-refractivity contribution in [3.8, 4) is 5.75 Å². The predicted octanol–water partition coefficient (Wildman–Crippen LogP) is 4.00. The fraction of sp³-hybridized carbons (Fsp3) is 0.261. The second-order valence-corrected chi connectivity index (χ2v) is 7.21. The zero-order valence-electron chi connectivity index (χ0n) is 16.8. The molecule has 1 unspecified atom stereocenters. The minimum atomic E-state index is -0.103. The normalized spacial score (nSPS) is 15.1. The largest absolute Gasteiger partial charge is 0.496 e. The van der Waals surface area contributed by atoms with Crippen LogP contribution in [0.25, 0.3) is 0 Å². The lowest BCUT2D eigenvalue weighted by Crippen LogP contribution is -2.36. The average Bonchev–Trinajstić information content (AvgIpc) is 3.07. The first-order chi connectivity index (χ1) is 14.1. The minimum absolute atomic E-state index is 0.0974. The van der Waals surface area contributed by atoms with Crippen molar-refractivity contribution < 1.29 is 9.53 Å². The molecule has 0 saturated carbocycles. The van der Waals surface area contributed by atoms with E-state index >= 15 is 0 Å². The third-order valence-corrected chi connectivity index (χ3v) is 5.14. The summed E-state index contributed by atoms with van der Waals surface area (Å²) in [6.45, 7) is 4.40. The Morgan fingerprint density at radius 1 is 1.17 bits per heavy atom. The summed E-state index contributed by atoms with van der Waals surface area (Å²) in [4.78, 5) is 24.0. The monoisotopic (exact) mass is 388 g/mol. The first-order valence-electron chi connectivity index (χ1n) is 9.69. The second-order valence-electron chi connectivity index (χ2n) is 7.21. The number of aryl methyl sites for hydroxylation is 1. The molecule has 2 aromatic carbocycles. The van der Waals surface area contributed by atoms with E-state index in [0.717, 1.165) is 23.4 Å². The first-order valence-corrected chi connectivity index (χ1v) is 9.69. The lowest BCUT2D eigenvalue weighted by Gasteiger charge is -2.22. The molecule has 29 heavy (non-hydrogen) atoms. The molecule has 1 amide bonds. The van der Waals surface area contributed by atoms with Gasteiger partial charge in [-0.25, -0.2) is 9.97 Å². The highest BCUT2D eigenvalue weighted by atomic mass is 16.5. The van der Waals surface area contributed by atoms with Crippen molar-refractivity contribution in [2.75, 3.05) is 17.3 Å². The number of rotatable bonds is 5. The van der Waals surface area contributed by atoms with Crippen molar-refractivity contribution in [2.24, 2.45) is 0 Å². The number of nitrogens with one attached hydrogen (secondary N) is 1. The predicted molar refractivity (Wildman–Crippen MR) is 114 cm³/mol. The molecule has 3 aromatic rings. The highest BCUT2D eigenvalue weighted by Crippen LogP contribution is 2.33. The topological polar surface area (TPSA) is 67.3 Å². The number of methoxy groups -OCH3 is 1. The Kier molecular flexibility index (Phi) is 5.16. The van der Waals surface area contributed by atoms with Crippen molar-refractivity contribution in [1.29, 1.82) is 0 Å². The molecule has 0 fully saturated rings. The van der Waals surface area contributed by atoms with Gasteiger partial charge in [0.05, 0.1) is 7.11 Å². The quantitative estimate of drug-likeness (QED) is 0.716. The highest BCUT2D eigenvalue weighted by Gasteiger charge is 2.32. The van der Waals surface area contributed by atoms with E-state index in [1.807, 2.05) is 47.4 Å². The summed E-state index contributed by atoms with van der Waals surface area (Å²) in [6.07, 6.45) is 0.852. The van der Waals surface area contributed by atoms with E-state index in [1.54, 1.807) is 20.1 Å². The van der Waals surface area contributed by atoms with Gasteiger partial charge in [0.1, 0.15) is 23.1 Å². The van der Waals surface area contributed by atoms with Gasteiger partial charge in [-0.1, -0.05) is 36.4 Å². The van der Waals surface area contributed by atoms with Gasteiger partial charge in [-0.3, -0.25) is 4.79 Å². The van der Waals surface area contributed by atoms with Gasteiger partial charge in [-0.15, -0.1) is 0 Å². The van der Waals surface area contributed by atoms with Crippen LogP contribution in [-0.2, 0) is 13.0 Å². The summed E-state index contributed by atoms with van der Waals surface area (Å²) in [6, 6.07) is 17.7. The molecule has 0 bridgehead atoms. The molecule has 6 nitrogen and oxygen atoms in total. The van der Waals surface area contributed by atoms with E-state index in [9.17, 15) is 4.79 Å². The Bertz CT molecular complexity index is 1050. The number of anilines is 2. The molecule has 4 rings (SSSR count). The zero-order valence-corrected chi connectivity index (χ0v) is 16.8. The number of nitrogens with zero attached hydrogens (tertiary/aromatic N) is 3. The van der Waals surface area contributed by atoms with Gasteiger partial charge in [0.25, 0.3) is 5.91 Å². The van der Waals surface area contributed by atoms with Crippen molar-refractivity contribution in [2.45, 2.75) is 32.9 Å². The van der Waals surface area contributed by atoms with E-state index in [1.165, 1.54) is 5.56 Å². The summed E-state index contributed by atoms with van der Waals surface area (Å²) in [7, 11) is 1.65. The fourth-order valence-electron chi connectivity index (χ4n) is 3.80. The summed E-state index contributed by atoms with van der Waals surface area (Å²) in [5, 5.41) is 3.29. The van der Waals surface area contributed by atoms with Crippen LogP contribution in [0.5, 0.6) is 5.75 Å². The van der Waals surface area contributed by atoms with Crippen molar-refractivity contribution in [3.05, 3.63) is 77.2 Å². The summed E-state index contributed by atoms with van der Waals surface area (Å²) >= 11 is 0. The third kappa shape index (κ3) is 3.78. The maximum atomic E-state index is 13.3. The van der Waals surface area contributed by atoms with Gasteiger partial charge < -0.3 is 15.0 Å². The maximum absolute atomic E-state index is 13.3. The molecule has 0 radical (unpaired) electrons. The molecule has 1 aliphatic heterocycles. The number of aromatic nitrogens is 2. The van der Waals surface area contributed by atoms with Crippen molar-refractivity contribution in [1.82, 2.24) is 9.97 Å². The van der Waals surface area contributed by atoms with Gasteiger partial charge in [0.2, 0.25) is 0 Å². The Hall–Kier alpha value is -3.41. The second kappa shape index (κ2) is 7.91. The summed E-state index contributed by atoms with van der Waals surface area (Å²) in [5.41, 5.74) is 3.56. The number of amides is 1. The molecule has 0 saturated heterocycles. The maximum Gasteiger partial charge on any atom is 0.277 e. The molecule has 0 aliphatic carbocycles. The van der Waals surface area contributed by atoms with Crippen LogP contribution in [0.15, 0.2) is 54.6 Å². The van der Waals surface area contributed by atoms with Crippen LogP contribution in [0, 0.1) is 6.92 Å². The number of carbonyl (C=O) groups excluding carboxylic acids is 1. The minimum Gasteiger partial charge on any atom is -0.496 e. The Morgan fingerprint density at radius 2 is 1.93 bits per heavy atom. The van der Waals surface area contributed by atoms with Crippen LogP contribution >= 0.6 is 0 Å². The van der Waals surface area contributed by atoms with Gasteiger partial charge in [-0.2, -0.15) is 0 Å². The third-order valence-electron chi connectivity index (χ3n) is 5.14. The number of hydrogen-bond donors (Lipinski definition) is 1. The molecular weight excluding hydrogens is 364 g/mol. The molecule has 1 aromatic heterocycles. The number of para-hydroxylation sites is 2. The van der Waals surface area contributed by atoms with Crippen LogP contribution in [-0.4, -0.2) is 29.0 Å². The number of benzene rings is 2. The van der Waals surface area contributed by atoms with Crippen molar-refractivity contribution >= 4 is 17.4 Å². The number of carbonyl (C=O) groups is 1. The standard InChI is InChI=1S/C23H24N4O2/c1-15-12-17-8-4-6-10-20(17)27(15)23(28)19-13-22(26-16(2)25-19)24-14-18-9-5-7-11-21(18)29-3/h4-11,13,15H,12,14H2,1-3H3,(H,24,25,26). The molecular formula is C23H24N4O2. The van der Waals surface area contributed by atoms with Crippen LogP contribution in [0.4, 0.5) is 11.5 Å². The van der Waals surface area contributed by atoms with E-state index in [4.69, 9.17) is 4.74 Å². The Morgan fingerprint density at radius 3 is 2.76 bits per heavy atom. The summed E-state index contributed by atoms with van der Waals surface area (Å²) < 4.78 is 5.40. The summed E-state index contributed by atoms with van der Waals surface area (Å²) in [5.74, 6) is 1.88. The molecule has 0 spiro atoms. The molecule has 2 heterocycles. The molecule has 1 aliphatic rings. The van der Waals surface area contributed by atoms with E-state index in [2.05, 4.69) is 28.3 Å². The van der Waals surface area contributed by atoms with Crippen LogP contribution in [0.2, 0.25) is 0 Å². The lowest BCUT2D eigenvalue weighted by molar-refractivity contribution is 0.0976. The van der Waals surface area contributed by atoms with Crippen LogP contribution in [0.1, 0.15) is 34.4 Å². The molecule has 6 heteroatoms. The Balaban J connectivity index is 1.58. The van der Waals surface area contributed by atoms with E-state index in [-0.39, 0.29) is 11.9 Å². The van der Waals surface area contributed by atoms with E-state index < -0.39 is 0 Å². The van der Waals surface area contributed by atoms with Gasteiger partial charge in [-0.05, 0) is 38.0 Å². The number of fused-ring (bicyclic) bond motifs is 1. The van der Waals surface area contributed by atoms with Gasteiger partial charge in [0.15, 0.2) is 0 Å². The average molecular weight is 388 g/mol. The number of ether oxygens (including phenoxy) is 1. The fourth-order valence-corrected chi connectivity index (χ4v) is 3.80. The van der Waals surface area contributed by atoms with Gasteiger partial charge >= 0.3 is 0 Å². The van der Waals surface area contributed by atoms with Crippen LogP contribution in [0.3, 0.4) is 0 Å². The number of hydrogen-bond acceptors (Lipinski definition) is 5. The Labute approximate surface area is 170 Å². The zero-order chi connectivity index (χ0) is 20.4. The van der Waals surface area contributed by atoms with E-state index in [0.29, 0.717) is 23.9 Å². The van der Waals surface area contributed by atoms with Crippen molar-refractivity contribution in [3.63, 3.8) is 0 Å². The smallest absolute Gasteiger partial charge is 0.277 e. The van der Waals surface area contributed by atoms with Crippen LogP contribution < -0.4 is 15.0 Å². The molecule has 1 atom stereocenters.